The Bertz CT molecular complexity index is 445. The fourth-order valence-electron chi connectivity index (χ4n) is 5.26. The Morgan fingerprint density at radius 1 is 1.26 bits per heavy atom. The Morgan fingerprint density at radius 3 is 2.84 bits per heavy atom. The molecule has 0 radical (unpaired) electrons. The molecular formula is C15H22O4. The lowest BCUT2D eigenvalue weighted by Gasteiger charge is -2.50. The third kappa shape index (κ3) is 1.20. The lowest BCUT2D eigenvalue weighted by molar-refractivity contribution is -0.402. The van der Waals surface area contributed by atoms with Crippen LogP contribution in [0.15, 0.2) is 0 Å². The summed E-state index contributed by atoms with van der Waals surface area (Å²) >= 11 is 0. The molecule has 19 heavy (non-hydrogen) atoms. The Morgan fingerprint density at radius 2 is 2.05 bits per heavy atom. The highest BCUT2D eigenvalue weighted by Gasteiger charge is 2.79. The summed E-state index contributed by atoms with van der Waals surface area (Å²) in [6.45, 7) is 7.51. The normalized spacial score (nSPS) is 54.9. The van der Waals surface area contributed by atoms with Crippen LogP contribution >= 0.6 is 0 Å². The highest BCUT2D eigenvalue weighted by molar-refractivity contribution is 5.83. The van der Waals surface area contributed by atoms with Gasteiger partial charge in [-0.1, -0.05) is 6.92 Å². The smallest absolute Gasteiger partial charge is 0.290 e. The van der Waals surface area contributed by atoms with Gasteiger partial charge in [-0.15, -0.1) is 0 Å². The highest BCUT2D eigenvalue weighted by Crippen LogP contribution is 2.71. The summed E-state index contributed by atoms with van der Waals surface area (Å²) in [7, 11) is 0. The van der Waals surface area contributed by atoms with Crippen LogP contribution in [-0.2, 0) is 19.0 Å². The summed E-state index contributed by atoms with van der Waals surface area (Å²) in [6, 6.07) is 0. The minimum atomic E-state index is -0.876. The molecule has 0 N–H and O–H groups in total. The maximum Gasteiger partial charge on any atom is 0.290 e. The first-order valence-electron chi connectivity index (χ1n) is 7.44. The molecule has 0 aromatic heterocycles. The van der Waals surface area contributed by atoms with Crippen molar-refractivity contribution in [3.8, 4) is 0 Å². The van der Waals surface area contributed by atoms with Crippen LogP contribution in [0.4, 0.5) is 0 Å². The van der Waals surface area contributed by atoms with E-state index in [0.717, 1.165) is 12.8 Å². The van der Waals surface area contributed by atoms with E-state index in [-0.39, 0.29) is 28.8 Å². The van der Waals surface area contributed by atoms with Gasteiger partial charge in [-0.25, -0.2) is 0 Å². The van der Waals surface area contributed by atoms with Crippen molar-refractivity contribution in [1.29, 1.82) is 0 Å². The van der Waals surface area contributed by atoms with Crippen LogP contribution in [0.25, 0.3) is 0 Å². The van der Waals surface area contributed by atoms with Crippen molar-refractivity contribution >= 4 is 5.78 Å². The van der Waals surface area contributed by atoms with E-state index >= 15 is 0 Å². The van der Waals surface area contributed by atoms with Crippen LogP contribution in [0, 0.1) is 23.2 Å². The average molecular weight is 266 g/mol. The van der Waals surface area contributed by atoms with Gasteiger partial charge in [0.05, 0.1) is 24.2 Å². The number of rotatable bonds is 0. The second-order valence-electron chi connectivity index (χ2n) is 7.18. The van der Waals surface area contributed by atoms with Crippen LogP contribution in [0.1, 0.15) is 40.0 Å². The number of ketones is 1. The van der Waals surface area contributed by atoms with Gasteiger partial charge in [0.25, 0.3) is 5.97 Å². The molecule has 3 heterocycles. The van der Waals surface area contributed by atoms with Gasteiger partial charge < -0.3 is 14.2 Å². The molecule has 0 aromatic rings. The Balaban J connectivity index is 1.90. The lowest BCUT2D eigenvalue weighted by Crippen LogP contribution is -2.57. The van der Waals surface area contributed by atoms with Gasteiger partial charge >= 0.3 is 0 Å². The van der Waals surface area contributed by atoms with Crippen LogP contribution in [0.3, 0.4) is 0 Å². The van der Waals surface area contributed by atoms with Crippen molar-refractivity contribution in [2.75, 3.05) is 13.2 Å². The summed E-state index contributed by atoms with van der Waals surface area (Å²) < 4.78 is 18.3. The molecular weight excluding hydrogens is 244 g/mol. The van der Waals surface area contributed by atoms with E-state index in [2.05, 4.69) is 20.8 Å². The molecule has 4 rings (SSSR count). The maximum absolute atomic E-state index is 12.3. The van der Waals surface area contributed by atoms with Gasteiger partial charge in [0, 0.05) is 24.2 Å². The fraction of sp³-hybridized carbons (Fsp3) is 0.933. The predicted octanol–water partition coefficient (Wildman–Crippen LogP) is 2.12. The summed E-state index contributed by atoms with van der Waals surface area (Å²) in [5, 5.41) is 0. The van der Waals surface area contributed by atoms with E-state index in [0.29, 0.717) is 25.4 Å². The molecule has 3 saturated heterocycles. The van der Waals surface area contributed by atoms with Crippen molar-refractivity contribution in [3.05, 3.63) is 0 Å². The number of Topliss-reactive ketones (excluding diaryl/α,β-unsaturated/α-hetero) is 1. The fourth-order valence-corrected chi connectivity index (χ4v) is 5.26. The third-order valence-corrected chi connectivity index (χ3v) is 6.09. The number of ether oxygens (including phenoxy) is 3. The predicted molar refractivity (Wildman–Crippen MR) is 67.2 cm³/mol. The molecule has 0 bridgehead atoms. The molecule has 0 unspecified atom stereocenters. The zero-order valence-electron chi connectivity index (χ0n) is 11.9. The first kappa shape index (κ1) is 12.3. The SMILES string of the molecule is C[C@H]1C(=O)C[C@H]2C(C)(C)O[C@]34OCCC[C@]23[C@H]1CO4. The Kier molecular flexibility index (Phi) is 2.21. The van der Waals surface area contributed by atoms with Gasteiger partial charge in [-0.3, -0.25) is 4.79 Å². The van der Waals surface area contributed by atoms with E-state index in [1.54, 1.807) is 0 Å². The second-order valence-corrected chi connectivity index (χ2v) is 7.18. The van der Waals surface area contributed by atoms with Crippen molar-refractivity contribution in [1.82, 2.24) is 0 Å². The summed E-state index contributed by atoms with van der Waals surface area (Å²) in [5.41, 5.74) is -0.457. The largest absolute Gasteiger partial charge is 0.327 e. The summed E-state index contributed by atoms with van der Waals surface area (Å²) in [5.74, 6) is 0.0257. The zero-order valence-corrected chi connectivity index (χ0v) is 11.9. The molecule has 4 nitrogen and oxygen atoms in total. The third-order valence-electron chi connectivity index (χ3n) is 6.09. The van der Waals surface area contributed by atoms with E-state index in [1.165, 1.54) is 0 Å². The van der Waals surface area contributed by atoms with E-state index in [4.69, 9.17) is 14.2 Å². The van der Waals surface area contributed by atoms with Gasteiger partial charge in [-0.05, 0) is 26.7 Å². The molecule has 4 aliphatic rings. The van der Waals surface area contributed by atoms with Crippen LogP contribution < -0.4 is 0 Å². The van der Waals surface area contributed by atoms with Crippen LogP contribution in [0.2, 0.25) is 0 Å². The van der Waals surface area contributed by atoms with Crippen molar-refractivity contribution < 1.29 is 19.0 Å². The van der Waals surface area contributed by atoms with Crippen molar-refractivity contribution in [2.45, 2.75) is 51.6 Å². The first-order valence-corrected chi connectivity index (χ1v) is 7.44. The van der Waals surface area contributed by atoms with Crippen LogP contribution in [0.5, 0.6) is 0 Å². The van der Waals surface area contributed by atoms with Gasteiger partial charge in [0.15, 0.2) is 0 Å². The minimum absolute atomic E-state index is 0.0670. The standard InChI is InChI=1S/C15H22O4/c1-9-10-8-18-15-14(10,5-4-6-17-15)12(7-11(9)16)13(2,3)19-15/h9-10,12H,4-8H2,1-3H3/t9-,10+,12+,14+,15+/m1/s1. The minimum Gasteiger partial charge on any atom is -0.327 e. The quantitative estimate of drug-likeness (QED) is 0.673. The number of carbonyl (C=O) groups excluding carboxylic acids is 1. The molecule has 3 aliphatic heterocycles. The first-order chi connectivity index (χ1) is 8.93. The summed E-state index contributed by atoms with van der Waals surface area (Å²) in [6.07, 6.45) is 2.71. The van der Waals surface area contributed by atoms with E-state index in [9.17, 15) is 4.79 Å². The topological polar surface area (TPSA) is 44.8 Å². The van der Waals surface area contributed by atoms with Crippen LogP contribution in [-0.4, -0.2) is 30.6 Å². The van der Waals surface area contributed by atoms with Crippen molar-refractivity contribution in [2.24, 2.45) is 23.2 Å². The number of hydrogen-bond acceptors (Lipinski definition) is 4. The molecule has 1 spiro atoms. The molecule has 5 atom stereocenters. The maximum atomic E-state index is 12.3. The van der Waals surface area contributed by atoms with Gasteiger partial charge in [0.2, 0.25) is 0 Å². The molecule has 106 valence electrons. The number of hydrogen-bond donors (Lipinski definition) is 0. The second kappa shape index (κ2) is 3.41. The van der Waals surface area contributed by atoms with E-state index in [1.807, 2.05) is 0 Å². The molecule has 4 heteroatoms. The van der Waals surface area contributed by atoms with Gasteiger partial charge in [0.1, 0.15) is 5.78 Å². The van der Waals surface area contributed by atoms with E-state index < -0.39 is 5.97 Å². The highest BCUT2D eigenvalue weighted by atomic mass is 16.9. The monoisotopic (exact) mass is 266 g/mol. The molecule has 1 saturated carbocycles. The zero-order chi connectivity index (χ0) is 13.5. The Hall–Kier alpha value is -0.450. The molecule has 1 aliphatic carbocycles. The number of carbonyl (C=O) groups is 1. The molecule has 0 amide bonds. The molecule has 4 fully saturated rings. The molecule has 0 aromatic carbocycles. The van der Waals surface area contributed by atoms with Gasteiger partial charge in [-0.2, -0.15) is 0 Å². The van der Waals surface area contributed by atoms with Crippen molar-refractivity contribution in [3.63, 3.8) is 0 Å². The summed E-state index contributed by atoms with van der Waals surface area (Å²) in [4.78, 5) is 12.3. The Labute approximate surface area is 113 Å². The lowest BCUT2D eigenvalue weighted by atomic mass is 9.52. The average Bonchev–Trinajstić information content (AvgIpc) is 2.77.